The summed E-state index contributed by atoms with van der Waals surface area (Å²) in [5.74, 6) is 0.924. The number of benzene rings is 3. The molecule has 0 bridgehead atoms. The van der Waals surface area contributed by atoms with Crippen molar-refractivity contribution in [1.29, 1.82) is 0 Å². The summed E-state index contributed by atoms with van der Waals surface area (Å²) in [6, 6.07) is 22.8. The highest BCUT2D eigenvalue weighted by Gasteiger charge is 2.24. The second kappa shape index (κ2) is 9.10. The van der Waals surface area contributed by atoms with Gasteiger partial charge in [-0.15, -0.1) is 0 Å². The van der Waals surface area contributed by atoms with Crippen molar-refractivity contribution in [1.82, 2.24) is 10.2 Å². The molecule has 3 aromatic rings. The monoisotopic (exact) mass is 388 g/mol. The molecule has 1 aliphatic rings. The molecule has 1 fully saturated rings. The highest BCUT2D eigenvalue weighted by molar-refractivity contribution is 5.90. The van der Waals surface area contributed by atoms with Crippen LogP contribution >= 0.6 is 0 Å². The highest BCUT2D eigenvalue weighted by atomic mass is 16.5. The third-order valence-corrected chi connectivity index (χ3v) is 5.81. The minimum atomic E-state index is 0.0686. The second-order valence-corrected chi connectivity index (χ2v) is 7.65. The van der Waals surface area contributed by atoms with Crippen molar-refractivity contribution in [3.05, 3.63) is 77.9 Å². The number of amides is 1. The van der Waals surface area contributed by atoms with Gasteiger partial charge in [-0.05, 0) is 60.0 Å². The minimum absolute atomic E-state index is 0.0686. The molecule has 1 saturated heterocycles. The van der Waals surface area contributed by atoms with E-state index in [0.29, 0.717) is 13.0 Å². The Balaban J connectivity index is 1.45. The first kappa shape index (κ1) is 19.5. The molecule has 1 aliphatic heterocycles. The standard InChI is InChI=1S/C25H28N2O2/c1-29-22-13-11-20(12-14-22)24(27-15-4-5-16-27)18-26-25(28)17-21-9-6-8-19-7-2-3-10-23(19)21/h2-3,6-14,24H,4-5,15-18H2,1H3,(H,26,28)/t24-/m0/s1. The number of hydrogen-bond donors (Lipinski definition) is 1. The van der Waals surface area contributed by atoms with Crippen LogP contribution in [-0.4, -0.2) is 37.6 Å². The van der Waals surface area contributed by atoms with E-state index >= 15 is 0 Å². The Morgan fingerprint density at radius 1 is 1.00 bits per heavy atom. The van der Waals surface area contributed by atoms with Crippen LogP contribution in [0.3, 0.4) is 0 Å². The van der Waals surface area contributed by atoms with Crippen LogP contribution in [-0.2, 0) is 11.2 Å². The van der Waals surface area contributed by atoms with Crippen molar-refractivity contribution in [3.63, 3.8) is 0 Å². The smallest absolute Gasteiger partial charge is 0.224 e. The third-order valence-electron chi connectivity index (χ3n) is 5.81. The van der Waals surface area contributed by atoms with E-state index in [0.717, 1.165) is 29.8 Å². The number of carbonyl (C=O) groups is 1. The van der Waals surface area contributed by atoms with Gasteiger partial charge in [-0.25, -0.2) is 0 Å². The van der Waals surface area contributed by atoms with E-state index in [9.17, 15) is 4.79 Å². The Morgan fingerprint density at radius 3 is 2.48 bits per heavy atom. The summed E-state index contributed by atoms with van der Waals surface area (Å²) in [7, 11) is 1.68. The molecule has 0 unspecified atom stereocenters. The van der Waals surface area contributed by atoms with E-state index in [2.05, 4.69) is 40.5 Å². The zero-order valence-electron chi connectivity index (χ0n) is 16.9. The van der Waals surface area contributed by atoms with Gasteiger partial charge < -0.3 is 10.1 Å². The summed E-state index contributed by atoms with van der Waals surface area (Å²) in [5.41, 5.74) is 2.29. The molecule has 3 aromatic carbocycles. The van der Waals surface area contributed by atoms with E-state index in [1.165, 1.54) is 23.8 Å². The number of carbonyl (C=O) groups excluding carboxylic acids is 1. The van der Waals surface area contributed by atoms with Crippen molar-refractivity contribution in [2.24, 2.45) is 0 Å². The normalized spacial score (nSPS) is 15.3. The predicted octanol–water partition coefficient (Wildman–Crippen LogP) is 4.34. The summed E-state index contributed by atoms with van der Waals surface area (Å²) >= 11 is 0. The molecule has 4 rings (SSSR count). The van der Waals surface area contributed by atoms with Gasteiger partial charge in [0.1, 0.15) is 5.75 Å². The third kappa shape index (κ3) is 4.60. The van der Waals surface area contributed by atoms with Gasteiger partial charge in [-0.2, -0.15) is 0 Å². The van der Waals surface area contributed by atoms with E-state index in [-0.39, 0.29) is 11.9 Å². The second-order valence-electron chi connectivity index (χ2n) is 7.65. The lowest BCUT2D eigenvalue weighted by Gasteiger charge is -2.28. The molecule has 1 atom stereocenters. The van der Waals surface area contributed by atoms with Gasteiger partial charge in [-0.1, -0.05) is 54.6 Å². The van der Waals surface area contributed by atoms with E-state index in [4.69, 9.17) is 4.74 Å². The van der Waals surface area contributed by atoms with E-state index in [1.807, 2.05) is 36.4 Å². The van der Waals surface area contributed by atoms with E-state index < -0.39 is 0 Å². The molecule has 0 radical (unpaired) electrons. The number of nitrogens with one attached hydrogen (secondary N) is 1. The molecule has 0 saturated carbocycles. The van der Waals surface area contributed by atoms with Gasteiger partial charge >= 0.3 is 0 Å². The molecule has 1 amide bonds. The van der Waals surface area contributed by atoms with Crippen LogP contribution in [0.5, 0.6) is 5.75 Å². The predicted molar refractivity (Wildman–Crippen MR) is 117 cm³/mol. The highest BCUT2D eigenvalue weighted by Crippen LogP contribution is 2.26. The summed E-state index contributed by atoms with van der Waals surface area (Å²) in [5, 5.41) is 5.51. The molecule has 0 aliphatic carbocycles. The maximum absolute atomic E-state index is 12.8. The lowest BCUT2D eigenvalue weighted by Crippen LogP contribution is -2.37. The first-order chi connectivity index (χ1) is 14.2. The minimum Gasteiger partial charge on any atom is -0.497 e. The van der Waals surface area contributed by atoms with Gasteiger partial charge in [0, 0.05) is 6.54 Å². The molecular weight excluding hydrogens is 360 g/mol. The van der Waals surface area contributed by atoms with Gasteiger partial charge in [0.15, 0.2) is 0 Å². The zero-order valence-corrected chi connectivity index (χ0v) is 16.9. The van der Waals surface area contributed by atoms with Crippen LogP contribution in [0.4, 0.5) is 0 Å². The first-order valence-corrected chi connectivity index (χ1v) is 10.4. The van der Waals surface area contributed by atoms with Gasteiger partial charge in [0.2, 0.25) is 5.91 Å². The van der Waals surface area contributed by atoms with Crippen LogP contribution in [0.1, 0.15) is 30.0 Å². The van der Waals surface area contributed by atoms with Crippen molar-refractivity contribution < 1.29 is 9.53 Å². The summed E-state index contributed by atoms with van der Waals surface area (Å²) in [6.07, 6.45) is 2.84. The molecule has 0 aromatic heterocycles. The largest absolute Gasteiger partial charge is 0.497 e. The molecule has 0 spiro atoms. The first-order valence-electron chi connectivity index (χ1n) is 10.4. The number of methoxy groups -OCH3 is 1. The van der Waals surface area contributed by atoms with Gasteiger partial charge in [-0.3, -0.25) is 9.69 Å². The van der Waals surface area contributed by atoms with Crippen LogP contribution in [0.25, 0.3) is 10.8 Å². The van der Waals surface area contributed by atoms with Crippen LogP contribution < -0.4 is 10.1 Å². The fourth-order valence-electron chi connectivity index (χ4n) is 4.23. The van der Waals surface area contributed by atoms with Crippen LogP contribution in [0.15, 0.2) is 66.7 Å². The summed E-state index contributed by atoms with van der Waals surface area (Å²) in [4.78, 5) is 15.2. The van der Waals surface area contributed by atoms with Crippen molar-refractivity contribution in [2.75, 3.05) is 26.7 Å². The lowest BCUT2D eigenvalue weighted by molar-refractivity contribution is -0.120. The quantitative estimate of drug-likeness (QED) is 0.654. The fraction of sp³-hybridized carbons (Fsp3) is 0.320. The van der Waals surface area contributed by atoms with Crippen molar-refractivity contribution >= 4 is 16.7 Å². The topological polar surface area (TPSA) is 41.6 Å². The summed E-state index contributed by atoms with van der Waals surface area (Å²) in [6.45, 7) is 2.78. The molecule has 150 valence electrons. The SMILES string of the molecule is COc1ccc([C@H](CNC(=O)Cc2cccc3ccccc23)N2CCCC2)cc1. The Bertz CT molecular complexity index is 957. The van der Waals surface area contributed by atoms with Crippen LogP contribution in [0.2, 0.25) is 0 Å². The molecule has 4 nitrogen and oxygen atoms in total. The molecule has 1 heterocycles. The average Bonchev–Trinajstić information content (AvgIpc) is 3.29. The number of hydrogen-bond acceptors (Lipinski definition) is 3. The maximum atomic E-state index is 12.8. The molecular formula is C25H28N2O2. The number of nitrogens with zero attached hydrogens (tertiary/aromatic N) is 1. The lowest BCUT2D eigenvalue weighted by atomic mass is 10.0. The Kier molecular flexibility index (Phi) is 6.11. The molecule has 4 heteroatoms. The number of likely N-dealkylation sites (tertiary alicyclic amines) is 1. The Morgan fingerprint density at radius 2 is 1.72 bits per heavy atom. The Hall–Kier alpha value is -2.85. The van der Waals surface area contributed by atoms with E-state index in [1.54, 1.807) is 7.11 Å². The Labute approximate surface area is 172 Å². The van der Waals surface area contributed by atoms with Gasteiger partial charge in [0.05, 0.1) is 19.6 Å². The van der Waals surface area contributed by atoms with Gasteiger partial charge in [0.25, 0.3) is 0 Å². The average molecular weight is 389 g/mol. The zero-order chi connectivity index (χ0) is 20.1. The van der Waals surface area contributed by atoms with Crippen LogP contribution in [0, 0.1) is 0 Å². The summed E-state index contributed by atoms with van der Waals surface area (Å²) < 4.78 is 5.29. The number of fused-ring (bicyclic) bond motifs is 1. The molecule has 29 heavy (non-hydrogen) atoms. The maximum Gasteiger partial charge on any atom is 0.224 e. The molecule has 1 N–H and O–H groups in total. The van der Waals surface area contributed by atoms with Crippen molar-refractivity contribution in [2.45, 2.75) is 25.3 Å². The number of ether oxygens (including phenoxy) is 1. The fourth-order valence-corrected chi connectivity index (χ4v) is 4.23. The number of rotatable bonds is 7. The van der Waals surface area contributed by atoms with Crippen molar-refractivity contribution in [3.8, 4) is 5.75 Å².